The van der Waals surface area contributed by atoms with Gasteiger partial charge >= 0.3 is 0 Å². The first kappa shape index (κ1) is 17.2. The van der Waals surface area contributed by atoms with Gasteiger partial charge in [0.15, 0.2) is 0 Å². The molecule has 0 aliphatic carbocycles. The fraction of sp³-hybridized carbons (Fsp3) is 0.917. The molecule has 0 aromatic rings. The van der Waals surface area contributed by atoms with Crippen LogP contribution in [-0.2, 0) is 9.47 Å². The summed E-state index contributed by atoms with van der Waals surface area (Å²) in [6.45, 7) is 10.4. The van der Waals surface area contributed by atoms with E-state index in [1.807, 2.05) is 13.8 Å². The highest BCUT2D eigenvalue weighted by atomic mass is 16.5. The predicted molar refractivity (Wildman–Crippen MR) is 72.0 cm³/mol. The molecule has 108 valence electrons. The zero-order valence-corrected chi connectivity index (χ0v) is 11.8. The fourth-order valence-electron chi connectivity index (χ4n) is 1.68. The first-order chi connectivity index (χ1) is 8.65. The number of amidine groups is 1. The van der Waals surface area contributed by atoms with Crippen LogP contribution >= 0.6 is 0 Å². The Morgan fingerprint density at radius 3 is 2.11 bits per heavy atom. The van der Waals surface area contributed by atoms with Crippen molar-refractivity contribution in [2.45, 2.75) is 33.2 Å². The maximum atomic E-state index is 8.59. The quantitative estimate of drug-likeness (QED) is 0.190. The fourth-order valence-corrected chi connectivity index (χ4v) is 1.68. The molecule has 1 atom stereocenters. The summed E-state index contributed by atoms with van der Waals surface area (Å²) in [6, 6.07) is 0.196. The normalized spacial score (nSPS) is 14.1. The van der Waals surface area contributed by atoms with Gasteiger partial charge in [-0.3, -0.25) is 4.90 Å². The van der Waals surface area contributed by atoms with E-state index in [0.717, 1.165) is 13.1 Å². The molecule has 0 aliphatic rings. The molecule has 1 unspecified atom stereocenters. The number of nitrogens with zero attached hydrogens (tertiary/aromatic N) is 2. The Hall–Kier alpha value is -0.850. The van der Waals surface area contributed by atoms with E-state index < -0.39 is 0 Å². The monoisotopic (exact) mass is 261 g/mol. The lowest BCUT2D eigenvalue weighted by molar-refractivity contribution is 0.0674. The maximum absolute atomic E-state index is 8.59. The molecule has 0 spiro atoms. The Bertz CT molecular complexity index is 215. The largest absolute Gasteiger partial charge is 0.409 e. The second kappa shape index (κ2) is 11.3. The maximum Gasteiger partial charge on any atom is 0.140 e. The summed E-state index contributed by atoms with van der Waals surface area (Å²) in [5.74, 6) is 0.250. The van der Waals surface area contributed by atoms with Crippen molar-refractivity contribution in [1.82, 2.24) is 4.90 Å². The minimum Gasteiger partial charge on any atom is -0.409 e. The molecular formula is C12H27N3O3. The summed E-state index contributed by atoms with van der Waals surface area (Å²) >= 11 is 0. The molecule has 0 saturated carbocycles. The number of oxime groups is 1. The zero-order chi connectivity index (χ0) is 13.8. The van der Waals surface area contributed by atoms with E-state index >= 15 is 0 Å². The van der Waals surface area contributed by atoms with Crippen LogP contribution in [0.1, 0.15) is 27.2 Å². The van der Waals surface area contributed by atoms with Crippen LogP contribution in [-0.4, -0.2) is 61.5 Å². The molecule has 18 heavy (non-hydrogen) atoms. The molecule has 0 aromatic heterocycles. The topological polar surface area (TPSA) is 80.3 Å². The van der Waals surface area contributed by atoms with Crippen LogP contribution in [0.2, 0.25) is 0 Å². The SMILES string of the molecule is CCOCCN(CCOCC)C(C)CC(N)=NO. The highest BCUT2D eigenvalue weighted by Crippen LogP contribution is 2.04. The summed E-state index contributed by atoms with van der Waals surface area (Å²) in [7, 11) is 0. The number of rotatable bonds is 11. The Labute approximate surface area is 110 Å². The molecule has 6 heteroatoms. The van der Waals surface area contributed by atoms with Gasteiger partial charge in [-0.25, -0.2) is 0 Å². The molecule has 0 heterocycles. The smallest absolute Gasteiger partial charge is 0.140 e. The average molecular weight is 261 g/mol. The van der Waals surface area contributed by atoms with Crippen molar-refractivity contribution in [3.05, 3.63) is 0 Å². The lowest BCUT2D eigenvalue weighted by Crippen LogP contribution is -2.40. The molecule has 6 nitrogen and oxygen atoms in total. The zero-order valence-electron chi connectivity index (χ0n) is 11.8. The van der Waals surface area contributed by atoms with Crippen LogP contribution in [0.5, 0.6) is 0 Å². The molecule has 0 aromatic carbocycles. The summed E-state index contributed by atoms with van der Waals surface area (Å²) in [6.07, 6.45) is 0.536. The van der Waals surface area contributed by atoms with Crippen molar-refractivity contribution < 1.29 is 14.7 Å². The molecule has 0 aliphatic heterocycles. The standard InChI is InChI=1S/C12H27N3O3/c1-4-17-8-6-15(7-9-18-5-2)11(3)10-12(13)14-16/h11,16H,4-10H2,1-3H3,(H2,13,14). The molecule has 3 N–H and O–H groups in total. The van der Waals surface area contributed by atoms with Crippen molar-refractivity contribution in [3.8, 4) is 0 Å². The summed E-state index contributed by atoms with van der Waals surface area (Å²) < 4.78 is 10.7. The number of ether oxygens (including phenoxy) is 2. The lowest BCUT2D eigenvalue weighted by Gasteiger charge is -2.28. The highest BCUT2D eigenvalue weighted by molar-refractivity contribution is 5.80. The number of hydrogen-bond donors (Lipinski definition) is 2. The average Bonchev–Trinajstić information content (AvgIpc) is 2.37. The van der Waals surface area contributed by atoms with Crippen LogP contribution in [0, 0.1) is 0 Å². The Morgan fingerprint density at radius 2 is 1.72 bits per heavy atom. The van der Waals surface area contributed by atoms with Crippen molar-refractivity contribution in [1.29, 1.82) is 0 Å². The Kier molecular flexibility index (Phi) is 10.7. The second-order valence-electron chi connectivity index (χ2n) is 4.07. The summed E-state index contributed by atoms with van der Waals surface area (Å²) in [5.41, 5.74) is 5.53. The van der Waals surface area contributed by atoms with Gasteiger partial charge in [-0.2, -0.15) is 0 Å². The minimum atomic E-state index is 0.196. The molecular weight excluding hydrogens is 234 g/mol. The van der Waals surface area contributed by atoms with Crippen LogP contribution in [0.25, 0.3) is 0 Å². The molecule has 0 saturated heterocycles. The highest BCUT2D eigenvalue weighted by Gasteiger charge is 2.15. The first-order valence-electron chi connectivity index (χ1n) is 6.51. The first-order valence-corrected chi connectivity index (χ1v) is 6.51. The van der Waals surface area contributed by atoms with Gasteiger partial charge in [-0.05, 0) is 20.8 Å². The van der Waals surface area contributed by atoms with E-state index in [1.165, 1.54) is 0 Å². The summed E-state index contributed by atoms with van der Waals surface area (Å²) in [4.78, 5) is 2.23. The molecule has 0 rings (SSSR count). The van der Waals surface area contributed by atoms with E-state index in [4.69, 9.17) is 20.4 Å². The predicted octanol–water partition coefficient (Wildman–Crippen LogP) is 0.886. The second-order valence-corrected chi connectivity index (χ2v) is 4.07. The van der Waals surface area contributed by atoms with Crippen molar-refractivity contribution >= 4 is 5.84 Å². The van der Waals surface area contributed by atoms with Gasteiger partial charge in [-0.1, -0.05) is 5.16 Å². The number of hydrogen-bond acceptors (Lipinski definition) is 5. The van der Waals surface area contributed by atoms with E-state index in [1.54, 1.807) is 0 Å². The van der Waals surface area contributed by atoms with Crippen molar-refractivity contribution in [2.75, 3.05) is 39.5 Å². The molecule has 0 amide bonds. The Morgan fingerprint density at radius 1 is 1.22 bits per heavy atom. The summed E-state index contributed by atoms with van der Waals surface area (Å²) in [5, 5.41) is 11.6. The van der Waals surface area contributed by atoms with E-state index in [2.05, 4.69) is 17.0 Å². The van der Waals surface area contributed by atoms with Crippen LogP contribution < -0.4 is 5.73 Å². The van der Waals surface area contributed by atoms with Gasteiger partial charge in [0, 0.05) is 38.8 Å². The minimum absolute atomic E-state index is 0.196. The molecule has 0 bridgehead atoms. The van der Waals surface area contributed by atoms with E-state index in [0.29, 0.717) is 32.8 Å². The number of nitrogens with two attached hydrogens (primary N) is 1. The third kappa shape index (κ3) is 8.27. The van der Waals surface area contributed by atoms with Crippen LogP contribution in [0.3, 0.4) is 0 Å². The van der Waals surface area contributed by atoms with Gasteiger partial charge < -0.3 is 20.4 Å². The lowest BCUT2D eigenvalue weighted by atomic mass is 10.2. The van der Waals surface area contributed by atoms with Gasteiger partial charge in [0.25, 0.3) is 0 Å². The van der Waals surface area contributed by atoms with Crippen molar-refractivity contribution in [2.24, 2.45) is 10.9 Å². The molecule has 0 radical (unpaired) electrons. The van der Waals surface area contributed by atoms with E-state index in [-0.39, 0.29) is 11.9 Å². The van der Waals surface area contributed by atoms with Crippen molar-refractivity contribution in [3.63, 3.8) is 0 Å². The van der Waals surface area contributed by atoms with Crippen LogP contribution in [0.4, 0.5) is 0 Å². The van der Waals surface area contributed by atoms with E-state index in [9.17, 15) is 0 Å². The van der Waals surface area contributed by atoms with Gasteiger partial charge in [0.2, 0.25) is 0 Å². The third-order valence-corrected chi connectivity index (χ3v) is 2.71. The van der Waals surface area contributed by atoms with Gasteiger partial charge in [0.05, 0.1) is 13.2 Å². The van der Waals surface area contributed by atoms with Gasteiger partial charge in [0.1, 0.15) is 5.84 Å². The van der Waals surface area contributed by atoms with Crippen LogP contribution in [0.15, 0.2) is 5.16 Å². The van der Waals surface area contributed by atoms with Gasteiger partial charge in [-0.15, -0.1) is 0 Å². The molecule has 0 fully saturated rings. The Balaban J connectivity index is 4.15. The third-order valence-electron chi connectivity index (χ3n) is 2.71.